The van der Waals surface area contributed by atoms with E-state index in [1.165, 1.54) is 18.2 Å². The van der Waals surface area contributed by atoms with Crippen molar-refractivity contribution in [2.24, 2.45) is 0 Å². The van der Waals surface area contributed by atoms with Crippen molar-refractivity contribution in [2.45, 2.75) is 43.1 Å². The topological polar surface area (TPSA) is 45.2 Å². The third kappa shape index (κ3) is 3.77. The predicted molar refractivity (Wildman–Crippen MR) is 88.6 cm³/mol. The number of hydrogen-bond acceptors (Lipinski definition) is 3. The highest BCUT2D eigenvalue weighted by atomic mass is 32.5. The Labute approximate surface area is 146 Å². The number of aliphatic hydroxyl groups is 1. The molecule has 0 unspecified atom stereocenters. The molecule has 2 N–H and O–H groups in total. The van der Waals surface area contributed by atoms with E-state index in [2.05, 4.69) is 10.3 Å². The molecule has 0 spiro atoms. The number of hydrogen-bond donors (Lipinski definition) is 2. The van der Waals surface area contributed by atoms with Crippen LogP contribution in [-0.4, -0.2) is 22.7 Å². The molecule has 26 heavy (non-hydrogen) atoms. The van der Waals surface area contributed by atoms with E-state index in [1.54, 1.807) is 0 Å². The van der Waals surface area contributed by atoms with E-state index in [0.717, 1.165) is 12.8 Å². The van der Waals surface area contributed by atoms with Gasteiger partial charge in [0.1, 0.15) is 6.67 Å². The van der Waals surface area contributed by atoms with E-state index in [4.69, 9.17) is 0 Å². The molecule has 0 bridgehead atoms. The number of pyridine rings is 1. The first-order valence-corrected chi connectivity index (χ1v) is 10.00. The summed E-state index contributed by atoms with van der Waals surface area (Å²) < 4.78 is 79.9. The van der Waals surface area contributed by atoms with Gasteiger partial charge in [0, 0.05) is 17.0 Å². The van der Waals surface area contributed by atoms with E-state index in [0.29, 0.717) is 13.0 Å². The monoisotopic (exact) mass is 400 g/mol. The number of nitrogens with one attached hydrogen (secondary N) is 1. The molecule has 0 radical (unpaired) electrons. The normalized spacial score (nSPS) is 22.7. The number of alkyl halides is 1. The average Bonchev–Trinajstić information content (AvgIpc) is 2.58. The molecule has 3 rings (SSSR count). The minimum Gasteiger partial charge on any atom is -0.387 e. The van der Waals surface area contributed by atoms with E-state index in [9.17, 15) is 28.9 Å². The van der Waals surface area contributed by atoms with Crippen LogP contribution in [0.1, 0.15) is 36.5 Å². The summed E-state index contributed by atoms with van der Waals surface area (Å²) in [5, 5.41) is 11.2. The van der Waals surface area contributed by atoms with E-state index < -0.39 is 39.6 Å². The summed E-state index contributed by atoms with van der Waals surface area (Å²) in [4.78, 5) is 3.05. The van der Waals surface area contributed by atoms with Gasteiger partial charge in [0.2, 0.25) is 0 Å². The molecule has 0 saturated carbocycles. The van der Waals surface area contributed by atoms with Crippen LogP contribution in [0, 0.1) is 0 Å². The molecule has 3 nitrogen and oxygen atoms in total. The van der Waals surface area contributed by atoms with Crippen LogP contribution in [0.3, 0.4) is 0 Å². The highest BCUT2D eigenvalue weighted by molar-refractivity contribution is 8.45. The second-order valence-electron chi connectivity index (χ2n) is 6.47. The van der Waals surface area contributed by atoms with E-state index in [1.807, 2.05) is 0 Å². The fourth-order valence-electron chi connectivity index (χ4n) is 3.22. The van der Waals surface area contributed by atoms with Crippen LogP contribution in [0.4, 0.5) is 23.8 Å². The zero-order valence-electron chi connectivity index (χ0n) is 13.6. The molecule has 1 aliphatic rings. The van der Waals surface area contributed by atoms with Gasteiger partial charge in [-0.3, -0.25) is 0 Å². The molecule has 0 amide bonds. The number of piperidine rings is 1. The Kier molecular flexibility index (Phi) is 4.25. The van der Waals surface area contributed by atoms with Gasteiger partial charge < -0.3 is 10.4 Å². The molecule has 1 fully saturated rings. The molecule has 2 atom stereocenters. The van der Waals surface area contributed by atoms with Gasteiger partial charge in [-0.1, -0.05) is 44.0 Å². The quantitative estimate of drug-likeness (QED) is 0.663. The number of benzene rings is 1. The highest BCUT2D eigenvalue weighted by Crippen LogP contribution is 3.01. The maximum Gasteiger partial charge on any atom is 0.325 e. The predicted octanol–water partition coefficient (Wildman–Crippen LogP) is 5.54. The van der Waals surface area contributed by atoms with Gasteiger partial charge in [0.05, 0.1) is 11.6 Å². The largest absolute Gasteiger partial charge is 0.387 e. The van der Waals surface area contributed by atoms with E-state index in [-0.39, 0.29) is 22.6 Å². The first-order chi connectivity index (χ1) is 11.9. The van der Waals surface area contributed by atoms with Gasteiger partial charge >= 0.3 is 10.2 Å². The van der Waals surface area contributed by atoms with Gasteiger partial charge in [0.15, 0.2) is 5.03 Å². The van der Waals surface area contributed by atoms with Crippen LogP contribution >= 0.6 is 10.2 Å². The van der Waals surface area contributed by atoms with Gasteiger partial charge in [-0.15, -0.1) is 0 Å². The van der Waals surface area contributed by atoms with E-state index >= 15 is 0 Å². The second-order valence-corrected chi connectivity index (χ2v) is 8.82. The first kappa shape index (κ1) is 19.2. The van der Waals surface area contributed by atoms with Crippen molar-refractivity contribution >= 4 is 21.1 Å². The van der Waals surface area contributed by atoms with Crippen molar-refractivity contribution in [1.82, 2.24) is 10.3 Å². The molecule has 10 heteroatoms. The molecule has 1 aromatic carbocycles. The zero-order valence-corrected chi connectivity index (χ0v) is 14.4. The second kappa shape index (κ2) is 5.74. The van der Waals surface area contributed by atoms with Gasteiger partial charge in [-0.05, 0) is 31.0 Å². The zero-order chi connectivity index (χ0) is 19.2. The molecule has 1 saturated heterocycles. The first-order valence-electron chi connectivity index (χ1n) is 8.05. The smallest absolute Gasteiger partial charge is 0.325 e. The number of para-hydroxylation sites is 1. The lowest BCUT2D eigenvalue weighted by molar-refractivity contribution is 0.115. The molecular weight excluding hydrogens is 382 g/mol. The molecule has 1 aliphatic heterocycles. The van der Waals surface area contributed by atoms with Crippen LogP contribution < -0.4 is 5.32 Å². The van der Waals surface area contributed by atoms with Crippen LogP contribution in [0.15, 0.2) is 29.3 Å². The van der Waals surface area contributed by atoms with Crippen molar-refractivity contribution in [1.29, 1.82) is 0 Å². The Bertz CT molecular complexity index is 836. The number of aliphatic hydroxyl groups excluding tert-OH is 1. The number of fused-ring (bicyclic) bond motifs is 1. The fourth-order valence-corrected chi connectivity index (χ4v) is 3.84. The standard InChI is InChI=1S/C16H18F6N2OS/c17-9-10-4-3-5-11-12(16(25)13-6-1-2-7-23-13)8-14(24-15(10)11)26(18,19,20,21)22/h3-5,8,13,16,23,25H,1-2,6-7,9H2/t13-,16-/m1/s1. The van der Waals surface area contributed by atoms with Gasteiger partial charge in [0.25, 0.3) is 0 Å². The average molecular weight is 400 g/mol. The van der Waals surface area contributed by atoms with Crippen molar-refractivity contribution < 1.29 is 28.9 Å². The molecule has 146 valence electrons. The molecule has 1 aromatic heterocycles. The Hall–Kier alpha value is -1.52. The maximum absolute atomic E-state index is 13.3. The van der Waals surface area contributed by atoms with Crippen LogP contribution in [0.25, 0.3) is 10.9 Å². The van der Waals surface area contributed by atoms with Crippen molar-refractivity contribution in [3.05, 3.63) is 35.4 Å². The summed E-state index contributed by atoms with van der Waals surface area (Å²) in [6.45, 7) is -0.597. The van der Waals surface area contributed by atoms with Gasteiger partial charge in [-0.25, -0.2) is 9.37 Å². The van der Waals surface area contributed by atoms with Gasteiger partial charge in [-0.2, -0.15) is 0 Å². The van der Waals surface area contributed by atoms with Crippen molar-refractivity contribution in [3.8, 4) is 0 Å². The molecule has 0 aliphatic carbocycles. The fraction of sp³-hybridized carbons (Fsp3) is 0.438. The van der Waals surface area contributed by atoms with Crippen molar-refractivity contribution in [2.75, 3.05) is 6.54 Å². The number of nitrogens with zero attached hydrogens (tertiary/aromatic N) is 1. The minimum absolute atomic E-state index is 0.0330. The Morgan fingerprint density at radius 1 is 1.19 bits per heavy atom. The van der Waals surface area contributed by atoms with Crippen LogP contribution in [-0.2, 0) is 6.67 Å². The summed E-state index contributed by atoms with van der Waals surface area (Å²) in [6.07, 6.45) is 0.638. The van der Waals surface area contributed by atoms with Crippen LogP contribution in [0.5, 0.6) is 0 Å². The maximum atomic E-state index is 13.3. The molecule has 2 aromatic rings. The molecular formula is C16H18F6N2OS. The third-order valence-corrected chi connectivity index (χ3v) is 5.52. The molecule has 2 heterocycles. The summed E-state index contributed by atoms with van der Waals surface area (Å²) in [5.74, 6) is 0. The number of halogens is 6. The number of aromatic nitrogens is 1. The summed E-state index contributed by atoms with van der Waals surface area (Å²) in [6, 6.07) is 3.54. The summed E-state index contributed by atoms with van der Waals surface area (Å²) >= 11 is 0. The lowest BCUT2D eigenvalue weighted by Gasteiger charge is -2.40. The SMILES string of the molecule is O[C@H](c1cc(S(F)(F)(F)(F)F)nc2c(CF)cccc12)[C@H]1CCCCN1. The lowest BCUT2D eigenvalue weighted by Crippen LogP contribution is -2.39. The third-order valence-electron chi connectivity index (χ3n) is 4.52. The number of rotatable bonds is 4. The van der Waals surface area contributed by atoms with Crippen molar-refractivity contribution in [3.63, 3.8) is 0 Å². The Morgan fingerprint density at radius 3 is 2.50 bits per heavy atom. The summed E-state index contributed by atoms with van der Waals surface area (Å²) in [5.41, 5.74) is -1.07. The Morgan fingerprint density at radius 2 is 1.92 bits per heavy atom. The Balaban J connectivity index is 2.27. The van der Waals surface area contributed by atoms with Crippen LogP contribution in [0.2, 0.25) is 0 Å². The summed E-state index contributed by atoms with van der Waals surface area (Å²) in [7, 11) is -10.1. The highest BCUT2D eigenvalue weighted by Gasteiger charge is 2.67. The minimum atomic E-state index is -10.1. The lowest BCUT2D eigenvalue weighted by atomic mass is 9.92.